The molecule has 0 unspecified atom stereocenters. The van der Waals surface area contributed by atoms with Gasteiger partial charge >= 0.3 is 11.9 Å². The van der Waals surface area contributed by atoms with E-state index in [-0.39, 0.29) is 22.8 Å². The van der Waals surface area contributed by atoms with Crippen molar-refractivity contribution in [3.63, 3.8) is 0 Å². The second-order valence-corrected chi connectivity index (χ2v) is 5.35. The zero-order valence-electron chi connectivity index (χ0n) is 13.2. The van der Waals surface area contributed by atoms with Crippen molar-refractivity contribution in [1.82, 2.24) is 0 Å². The van der Waals surface area contributed by atoms with Crippen LogP contribution in [0.3, 0.4) is 0 Å². The van der Waals surface area contributed by atoms with E-state index in [0.717, 1.165) is 0 Å². The summed E-state index contributed by atoms with van der Waals surface area (Å²) >= 11 is 3.10. The van der Waals surface area contributed by atoms with Crippen molar-refractivity contribution >= 4 is 33.9 Å². The Morgan fingerprint density at radius 3 is 2.52 bits per heavy atom. The Labute approximate surface area is 151 Å². The third kappa shape index (κ3) is 4.49. The molecular weight excluding hydrogens is 394 g/mol. The van der Waals surface area contributed by atoms with Crippen LogP contribution in [0.4, 0.5) is 0 Å². The fraction of sp³-hybridized carbons (Fsp3) is 0.118. The van der Waals surface area contributed by atoms with Gasteiger partial charge in [-0.15, -0.1) is 0 Å². The Morgan fingerprint density at radius 2 is 1.96 bits per heavy atom. The van der Waals surface area contributed by atoms with E-state index in [2.05, 4.69) is 20.7 Å². The first-order chi connectivity index (χ1) is 12.0. The minimum Gasteiger partial charge on any atom is -0.493 e. The normalized spacial score (nSPS) is 10.7. The van der Waals surface area contributed by atoms with Gasteiger partial charge in [0.2, 0.25) is 5.76 Å². The first kappa shape index (κ1) is 18.3. The number of hydrogen-bond acceptors (Lipinski definition) is 7. The average molecular weight is 406 g/mol. The lowest BCUT2D eigenvalue weighted by molar-refractivity contribution is -0.135. The van der Waals surface area contributed by atoms with Crippen LogP contribution in [-0.4, -0.2) is 26.2 Å². The Morgan fingerprint density at radius 1 is 1.20 bits per heavy atom. The lowest BCUT2D eigenvalue weighted by atomic mass is 10.1. The molecule has 7 nitrogen and oxygen atoms in total. The summed E-state index contributed by atoms with van der Waals surface area (Å²) in [6.45, 7) is 0. The molecule has 0 saturated heterocycles. The van der Waals surface area contributed by atoms with Gasteiger partial charge in [-0.05, 0) is 51.8 Å². The van der Waals surface area contributed by atoms with Crippen molar-refractivity contribution in [1.29, 1.82) is 5.26 Å². The highest BCUT2D eigenvalue weighted by Gasteiger charge is 2.16. The third-order valence-corrected chi connectivity index (χ3v) is 3.43. The molecule has 25 heavy (non-hydrogen) atoms. The molecule has 0 saturated carbocycles. The molecule has 8 heteroatoms. The highest BCUT2D eigenvalue weighted by molar-refractivity contribution is 9.10. The quantitative estimate of drug-likeness (QED) is 0.325. The summed E-state index contributed by atoms with van der Waals surface area (Å²) in [5, 5.41) is 8.98. The molecule has 1 aromatic heterocycles. The summed E-state index contributed by atoms with van der Waals surface area (Å²) in [6.07, 6.45) is 1.34. The molecule has 1 aromatic carbocycles. The third-order valence-electron chi connectivity index (χ3n) is 3.00. The number of rotatable bonds is 5. The van der Waals surface area contributed by atoms with E-state index < -0.39 is 11.9 Å². The van der Waals surface area contributed by atoms with Gasteiger partial charge in [-0.3, -0.25) is 0 Å². The molecule has 0 fully saturated rings. The van der Waals surface area contributed by atoms with E-state index in [0.29, 0.717) is 10.2 Å². The summed E-state index contributed by atoms with van der Waals surface area (Å²) in [5.74, 6) is -1.01. The van der Waals surface area contributed by atoms with Gasteiger partial charge in [0.05, 0.1) is 14.2 Å². The van der Waals surface area contributed by atoms with Crippen LogP contribution in [0.15, 0.2) is 45.0 Å². The summed E-state index contributed by atoms with van der Waals surface area (Å²) in [4.78, 5) is 23.5. The standard InChI is InChI=1S/C17H12BrNO6/c1-22-14-8-10(7-11(9-19)16(20)23-2)3-4-12(14)25-17(21)13-5-6-15(18)24-13/h3-8H,1-2H3/b11-7+. The van der Waals surface area contributed by atoms with E-state index >= 15 is 0 Å². The minimum atomic E-state index is -0.750. The first-order valence-corrected chi connectivity index (χ1v) is 7.63. The number of hydrogen-bond donors (Lipinski definition) is 0. The topological polar surface area (TPSA) is 98.8 Å². The van der Waals surface area contributed by atoms with Crippen molar-refractivity contribution in [2.24, 2.45) is 0 Å². The second-order valence-electron chi connectivity index (χ2n) is 4.56. The molecule has 2 aromatic rings. The van der Waals surface area contributed by atoms with E-state index in [9.17, 15) is 9.59 Å². The Hall–Kier alpha value is -3.05. The number of methoxy groups -OCH3 is 2. The Kier molecular flexibility index (Phi) is 5.98. The molecule has 0 spiro atoms. The number of esters is 2. The van der Waals surface area contributed by atoms with Crippen molar-refractivity contribution < 1.29 is 28.2 Å². The maximum atomic E-state index is 12.0. The van der Waals surface area contributed by atoms with Crippen molar-refractivity contribution in [2.75, 3.05) is 14.2 Å². The summed E-state index contributed by atoms with van der Waals surface area (Å²) in [7, 11) is 2.58. The maximum Gasteiger partial charge on any atom is 0.379 e. The van der Waals surface area contributed by atoms with Crippen LogP contribution < -0.4 is 9.47 Å². The van der Waals surface area contributed by atoms with Gasteiger partial charge < -0.3 is 18.6 Å². The molecule has 128 valence electrons. The predicted molar refractivity (Wildman–Crippen MR) is 90.0 cm³/mol. The summed E-state index contributed by atoms with van der Waals surface area (Å²) < 4.78 is 20.5. The van der Waals surface area contributed by atoms with Crippen LogP contribution in [0.25, 0.3) is 6.08 Å². The van der Waals surface area contributed by atoms with Crippen LogP contribution in [0.2, 0.25) is 0 Å². The maximum absolute atomic E-state index is 12.0. The number of furan rings is 1. The Bertz CT molecular complexity index is 878. The van der Waals surface area contributed by atoms with Gasteiger partial charge in [-0.2, -0.15) is 5.26 Å². The number of carbonyl (C=O) groups excluding carboxylic acids is 2. The SMILES string of the molecule is COC(=O)/C(C#N)=C/c1ccc(OC(=O)c2ccc(Br)o2)c(OC)c1. The van der Waals surface area contributed by atoms with Crippen molar-refractivity contribution in [3.05, 3.63) is 51.9 Å². The molecule has 0 radical (unpaired) electrons. The molecule has 0 aliphatic heterocycles. The summed E-state index contributed by atoms with van der Waals surface area (Å²) in [6, 6.07) is 9.34. The number of nitriles is 1. The highest BCUT2D eigenvalue weighted by Crippen LogP contribution is 2.30. The van der Waals surface area contributed by atoms with Crippen LogP contribution >= 0.6 is 15.9 Å². The molecule has 2 rings (SSSR count). The number of halogens is 1. The smallest absolute Gasteiger partial charge is 0.379 e. The van der Waals surface area contributed by atoms with Gasteiger partial charge in [0, 0.05) is 0 Å². The van der Waals surface area contributed by atoms with Gasteiger partial charge in [0.25, 0.3) is 0 Å². The van der Waals surface area contributed by atoms with Gasteiger partial charge in [-0.1, -0.05) is 6.07 Å². The van der Waals surface area contributed by atoms with Crippen molar-refractivity contribution in [3.8, 4) is 17.6 Å². The number of carbonyl (C=O) groups is 2. The predicted octanol–water partition coefficient (Wildman–Crippen LogP) is 3.35. The van der Waals surface area contributed by atoms with Crippen LogP contribution in [0, 0.1) is 11.3 Å². The minimum absolute atomic E-state index is 0.0235. The van der Waals surface area contributed by atoms with Crippen LogP contribution in [0.5, 0.6) is 11.5 Å². The van der Waals surface area contributed by atoms with E-state index in [4.69, 9.17) is 19.2 Å². The lowest BCUT2D eigenvalue weighted by Gasteiger charge is -2.09. The van der Waals surface area contributed by atoms with Gasteiger partial charge in [0.1, 0.15) is 11.6 Å². The molecule has 0 aliphatic carbocycles. The van der Waals surface area contributed by atoms with Crippen LogP contribution in [0.1, 0.15) is 16.1 Å². The van der Waals surface area contributed by atoms with E-state index in [1.165, 1.54) is 38.5 Å². The molecule has 0 bridgehead atoms. The molecule has 0 amide bonds. The average Bonchev–Trinajstić information content (AvgIpc) is 3.06. The van der Waals surface area contributed by atoms with Crippen LogP contribution in [-0.2, 0) is 9.53 Å². The fourth-order valence-corrected chi connectivity index (χ4v) is 2.15. The lowest BCUT2D eigenvalue weighted by Crippen LogP contribution is -2.08. The van der Waals surface area contributed by atoms with Gasteiger partial charge in [-0.25, -0.2) is 9.59 Å². The second kappa shape index (κ2) is 8.17. The molecule has 1 heterocycles. The number of benzene rings is 1. The molecule has 0 atom stereocenters. The Balaban J connectivity index is 2.27. The van der Waals surface area contributed by atoms with Crippen molar-refractivity contribution in [2.45, 2.75) is 0 Å². The summed E-state index contributed by atoms with van der Waals surface area (Å²) in [5.41, 5.74) is 0.328. The largest absolute Gasteiger partial charge is 0.493 e. The van der Waals surface area contributed by atoms with Gasteiger partial charge in [0.15, 0.2) is 16.2 Å². The zero-order chi connectivity index (χ0) is 18.4. The number of nitrogens with zero attached hydrogens (tertiary/aromatic N) is 1. The molecule has 0 aliphatic rings. The fourth-order valence-electron chi connectivity index (χ4n) is 1.85. The van der Waals surface area contributed by atoms with E-state index in [1.54, 1.807) is 18.2 Å². The monoisotopic (exact) mass is 405 g/mol. The number of ether oxygens (including phenoxy) is 3. The first-order valence-electron chi connectivity index (χ1n) is 6.84. The zero-order valence-corrected chi connectivity index (χ0v) is 14.8. The molecule has 0 N–H and O–H groups in total. The highest BCUT2D eigenvalue weighted by atomic mass is 79.9. The molecular formula is C17H12BrNO6. The van der Waals surface area contributed by atoms with E-state index in [1.807, 2.05) is 0 Å².